The van der Waals surface area contributed by atoms with Crippen LogP contribution in [0.2, 0.25) is 0 Å². The average Bonchev–Trinajstić information content (AvgIpc) is 2.51. The molecule has 1 fully saturated rings. The first kappa shape index (κ1) is 9.82. The maximum atomic E-state index is 5.51. The van der Waals surface area contributed by atoms with Crippen molar-refractivity contribution in [1.82, 2.24) is 0 Å². The predicted molar refractivity (Wildman–Crippen MR) is 58.2 cm³/mol. The second kappa shape index (κ2) is 3.45. The lowest BCUT2D eigenvalue weighted by Gasteiger charge is -2.38. The summed E-state index contributed by atoms with van der Waals surface area (Å²) in [5, 5.41) is 0. The van der Waals surface area contributed by atoms with E-state index in [0.29, 0.717) is 11.3 Å². The molecular weight excluding hydrogens is 172 g/mol. The summed E-state index contributed by atoms with van der Waals surface area (Å²) >= 11 is 0. The minimum absolute atomic E-state index is 0.481. The molecule has 0 saturated heterocycles. The van der Waals surface area contributed by atoms with E-state index in [1.54, 1.807) is 6.26 Å². The zero-order valence-electron chi connectivity index (χ0n) is 9.42. The molecule has 0 N–H and O–H groups in total. The van der Waals surface area contributed by atoms with Gasteiger partial charge < -0.3 is 4.42 Å². The molecule has 2 atom stereocenters. The Bertz CT molecular complexity index is 284. The molecule has 0 bridgehead atoms. The Morgan fingerprint density at radius 3 is 2.71 bits per heavy atom. The van der Waals surface area contributed by atoms with E-state index >= 15 is 0 Å². The standard InChI is InChI=1S/C13H20O/c1-10-7-11(9-13(2,3)8-10)12-5-4-6-14-12/h4-6,10-11H,7-9H2,1-3H3/t10-,11+/m0/s1. The Hall–Kier alpha value is -0.720. The van der Waals surface area contributed by atoms with Gasteiger partial charge in [0.1, 0.15) is 5.76 Å². The van der Waals surface area contributed by atoms with Crippen LogP contribution in [0.15, 0.2) is 22.8 Å². The summed E-state index contributed by atoms with van der Waals surface area (Å²) in [4.78, 5) is 0. The maximum Gasteiger partial charge on any atom is 0.106 e. The number of rotatable bonds is 1. The van der Waals surface area contributed by atoms with Crippen LogP contribution in [0, 0.1) is 11.3 Å². The van der Waals surface area contributed by atoms with Crippen LogP contribution in [0.5, 0.6) is 0 Å². The summed E-state index contributed by atoms with van der Waals surface area (Å²) in [6, 6.07) is 4.13. The molecule has 1 aliphatic rings. The van der Waals surface area contributed by atoms with Crippen LogP contribution in [0.4, 0.5) is 0 Å². The smallest absolute Gasteiger partial charge is 0.106 e. The first-order valence-electron chi connectivity index (χ1n) is 5.60. The summed E-state index contributed by atoms with van der Waals surface area (Å²) < 4.78 is 5.51. The fourth-order valence-corrected chi connectivity index (χ4v) is 3.09. The van der Waals surface area contributed by atoms with Crippen molar-refractivity contribution in [2.45, 2.75) is 46.0 Å². The lowest BCUT2D eigenvalue weighted by molar-refractivity contribution is 0.157. The number of hydrogen-bond acceptors (Lipinski definition) is 1. The Kier molecular flexibility index (Phi) is 2.42. The minimum Gasteiger partial charge on any atom is -0.469 e. The zero-order valence-corrected chi connectivity index (χ0v) is 9.42. The van der Waals surface area contributed by atoms with Crippen LogP contribution in [0.3, 0.4) is 0 Å². The summed E-state index contributed by atoms with van der Waals surface area (Å²) in [5.74, 6) is 2.65. The fraction of sp³-hybridized carbons (Fsp3) is 0.692. The fourth-order valence-electron chi connectivity index (χ4n) is 3.09. The monoisotopic (exact) mass is 192 g/mol. The van der Waals surface area contributed by atoms with Crippen LogP contribution in [0.1, 0.15) is 51.7 Å². The van der Waals surface area contributed by atoms with E-state index in [0.717, 1.165) is 5.92 Å². The molecule has 0 radical (unpaired) electrons. The van der Waals surface area contributed by atoms with Crippen molar-refractivity contribution in [3.05, 3.63) is 24.2 Å². The lowest BCUT2D eigenvalue weighted by atomic mass is 9.67. The third kappa shape index (κ3) is 2.02. The van der Waals surface area contributed by atoms with E-state index in [9.17, 15) is 0 Å². The number of furan rings is 1. The van der Waals surface area contributed by atoms with E-state index in [1.165, 1.54) is 25.0 Å². The van der Waals surface area contributed by atoms with Crippen molar-refractivity contribution in [2.75, 3.05) is 0 Å². The topological polar surface area (TPSA) is 13.1 Å². The van der Waals surface area contributed by atoms with Crippen LogP contribution < -0.4 is 0 Å². The number of hydrogen-bond donors (Lipinski definition) is 0. The van der Waals surface area contributed by atoms with Crippen LogP contribution in [-0.2, 0) is 0 Å². The Morgan fingerprint density at radius 1 is 1.36 bits per heavy atom. The van der Waals surface area contributed by atoms with Crippen LogP contribution >= 0.6 is 0 Å². The second-order valence-corrected chi connectivity index (χ2v) is 5.63. The summed E-state index contributed by atoms with van der Waals surface area (Å²) in [6.07, 6.45) is 5.70. The van der Waals surface area contributed by atoms with Gasteiger partial charge in [0.25, 0.3) is 0 Å². The molecule has 1 aromatic heterocycles. The van der Waals surface area contributed by atoms with Gasteiger partial charge in [0, 0.05) is 5.92 Å². The first-order valence-corrected chi connectivity index (χ1v) is 5.60. The molecule has 1 nitrogen and oxygen atoms in total. The van der Waals surface area contributed by atoms with Crippen LogP contribution in [0.25, 0.3) is 0 Å². The van der Waals surface area contributed by atoms with Crippen molar-refractivity contribution in [3.63, 3.8) is 0 Å². The molecule has 0 spiro atoms. The van der Waals surface area contributed by atoms with E-state index < -0.39 is 0 Å². The van der Waals surface area contributed by atoms with Gasteiger partial charge in [-0.15, -0.1) is 0 Å². The minimum atomic E-state index is 0.481. The molecule has 78 valence electrons. The molecule has 0 unspecified atom stereocenters. The average molecular weight is 192 g/mol. The van der Waals surface area contributed by atoms with Gasteiger partial charge in [0.05, 0.1) is 6.26 Å². The van der Waals surface area contributed by atoms with Crippen molar-refractivity contribution in [3.8, 4) is 0 Å². The van der Waals surface area contributed by atoms with Gasteiger partial charge in [-0.05, 0) is 42.7 Å². The van der Waals surface area contributed by atoms with Gasteiger partial charge in [0.15, 0.2) is 0 Å². The first-order chi connectivity index (χ1) is 6.57. The third-order valence-corrected chi connectivity index (χ3v) is 3.33. The third-order valence-electron chi connectivity index (χ3n) is 3.33. The Balaban J connectivity index is 2.14. The Morgan fingerprint density at radius 2 is 2.14 bits per heavy atom. The predicted octanol–water partition coefficient (Wildman–Crippen LogP) is 4.21. The highest BCUT2D eigenvalue weighted by atomic mass is 16.3. The summed E-state index contributed by atoms with van der Waals surface area (Å²) in [5.41, 5.74) is 0.481. The van der Waals surface area contributed by atoms with Gasteiger partial charge in [-0.25, -0.2) is 0 Å². The van der Waals surface area contributed by atoms with Crippen LogP contribution in [-0.4, -0.2) is 0 Å². The molecule has 1 aromatic rings. The van der Waals surface area contributed by atoms with E-state index in [-0.39, 0.29) is 0 Å². The highest BCUT2D eigenvalue weighted by Gasteiger charge is 2.33. The summed E-state index contributed by atoms with van der Waals surface area (Å²) in [7, 11) is 0. The van der Waals surface area contributed by atoms with Gasteiger partial charge in [0.2, 0.25) is 0 Å². The van der Waals surface area contributed by atoms with E-state index in [4.69, 9.17) is 4.42 Å². The van der Waals surface area contributed by atoms with Gasteiger partial charge >= 0.3 is 0 Å². The lowest BCUT2D eigenvalue weighted by Crippen LogP contribution is -2.26. The maximum absolute atomic E-state index is 5.51. The van der Waals surface area contributed by atoms with Crippen molar-refractivity contribution in [2.24, 2.45) is 11.3 Å². The highest BCUT2D eigenvalue weighted by molar-refractivity contribution is 5.08. The van der Waals surface area contributed by atoms with Gasteiger partial charge in [-0.3, -0.25) is 0 Å². The normalized spacial score (nSPS) is 31.6. The quantitative estimate of drug-likeness (QED) is 0.649. The molecule has 14 heavy (non-hydrogen) atoms. The van der Waals surface area contributed by atoms with E-state index in [2.05, 4.69) is 26.8 Å². The molecule has 2 rings (SSSR count). The molecular formula is C13H20O. The molecule has 1 heteroatoms. The molecule has 1 aliphatic carbocycles. The van der Waals surface area contributed by atoms with Crippen molar-refractivity contribution in [1.29, 1.82) is 0 Å². The van der Waals surface area contributed by atoms with E-state index in [1.807, 2.05) is 6.07 Å². The molecule has 0 aliphatic heterocycles. The Labute approximate surface area is 86.5 Å². The van der Waals surface area contributed by atoms with Gasteiger partial charge in [-0.1, -0.05) is 20.8 Å². The largest absolute Gasteiger partial charge is 0.469 e. The molecule has 1 heterocycles. The van der Waals surface area contributed by atoms with Crippen molar-refractivity contribution < 1.29 is 4.42 Å². The molecule has 0 amide bonds. The van der Waals surface area contributed by atoms with Gasteiger partial charge in [-0.2, -0.15) is 0 Å². The summed E-state index contributed by atoms with van der Waals surface area (Å²) in [6.45, 7) is 7.11. The van der Waals surface area contributed by atoms with Crippen molar-refractivity contribution >= 4 is 0 Å². The molecule has 0 aromatic carbocycles. The molecule has 1 saturated carbocycles. The zero-order chi connectivity index (χ0) is 10.2. The second-order valence-electron chi connectivity index (χ2n) is 5.63. The SMILES string of the molecule is C[C@H]1C[C@@H](c2ccco2)CC(C)(C)C1. The highest BCUT2D eigenvalue weighted by Crippen LogP contribution is 2.45.